The maximum atomic E-state index is 12.8. The Bertz CT molecular complexity index is 914. The predicted octanol–water partition coefficient (Wildman–Crippen LogP) is 4.72. The minimum absolute atomic E-state index is 0.0514. The van der Waals surface area contributed by atoms with E-state index in [1.807, 2.05) is 36.4 Å². The van der Waals surface area contributed by atoms with Gasteiger partial charge >= 0.3 is 0 Å². The summed E-state index contributed by atoms with van der Waals surface area (Å²) in [5.41, 5.74) is 1.14. The summed E-state index contributed by atoms with van der Waals surface area (Å²) in [7, 11) is 1.65. The number of amides is 1. The molecule has 0 aliphatic carbocycles. The topological polar surface area (TPSA) is 45.9 Å². The number of thiocarbonyl (C=S) groups is 1. The van der Waals surface area contributed by atoms with Crippen molar-refractivity contribution < 1.29 is 13.9 Å². The van der Waals surface area contributed by atoms with Gasteiger partial charge in [0, 0.05) is 31.8 Å². The summed E-state index contributed by atoms with van der Waals surface area (Å²) >= 11 is 6.78. The number of benzene rings is 1. The molecule has 2 aromatic rings. The summed E-state index contributed by atoms with van der Waals surface area (Å²) in [6.45, 7) is 2.62. The highest BCUT2D eigenvalue weighted by molar-refractivity contribution is 8.26. The van der Waals surface area contributed by atoms with Crippen LogP contribution >= 0.6 is 24.0 Å². The number of nitrogens with zero attached hydrogens (tertiary/aromatic N) is 2. The van der Waals surface area contributed by atoms with E-state index in [1.165, 1.54) is 31.0 Å². The number of furan rings is 1. The molecular formula is C22H24N2O3S2. The first-order valence-electron chi connectivity index (χ1n) is 9.87. The van der Waals surface area contributed by atoms with Crippen LogP contribution in [0.15, 0.2) is 45.7 Å². The van der Waals surface area contributed by atoms with Crippen molar-refractivity contribution in [3.05, 3.63) is 52.6 Å². The maximum Gasteiger partial charge on any atom is 0.266 e. The van der Waals surface area contributed by atoms with Crippen LogP contribution < -0.4 is 9.64 Å². The SMILES string of the molecule is COc1ccc(CCN2C(=O)/C(=C/c3ccc(N4CCCCC4)o3)SC2=S)cc1. The van der Waals surface area contributed by atoms with Gasteiger partial charge in [-0.2, -0.15) is 0 Å². The van der Waals surface area contributed by atoms with Crippen LogP contribution in [0.5, 0.6) is 5.75 Å². The Hall–Kier alpha value is -2.25. The van der Waals surface area contributed by atoms with Crippen LogP contribution in [0.1, 0.15) is 30.6 Å². The molecule has 0 saturated carbocycles. The van der Waals surface area contributed by atoms with Gasteiger partial charge in [-0.3, -0.25) is 9.69 Å². The lowest BCUT2D eigenvalue weighted by Gasteiger charge is -2.25. The highest BCUT2D eigenvalue weighted by atomic mass is 32.2. The Morgan fingerprint density at radius 1 is 1.14 bits per heavy atom. The Morgan fingerprint density at radius 3 is 2.62 bits per heavy atom. The fourth-order valence-electron chi connectivity index (χ4n) is 3.56. The average Bonchev–Trinajstić information content (AvgIpc) is 3.32. The fraction of sp³-hybridized carbons (Fsp3) is 0.364. The zero-order valence-corrected chi connectivity index (χ0v) is 18.1. The van der Waals surface area contributed by atoms with Crippen LogP contribution in [-0.4, -0.2) is 41.9 Å². The molecule has 4 rings (SSSR count). The van der Waals surface area contributed by atoms with Crippen LogP contribution in [0, 0.1) is 0 Å². The number of carbonyl (C=O) groups is 1. The van der Waals surface area contributed by atoms with Crippen LogP contribution in [0.25, 0.3) is 6.08 Å². The molecule has 0 spiro atoms. The third-order valence-corrected chi connectivity index (χ3v) is 6.59. The van der Waals surface area contributed by atoms with Crippen LogP contribution in [0.4, 0.5) is 5.88 Å². The minimum Gasteiger partial charge on any atom is -0.497 e. The van der Waals surface area contributed by atoms with Gasteiger partial charge < -0.3 is 14.1 Å². The lowest BCUT2D eigenvalue weighted by atomic mass is 10.1. The second-order valence-electron chi connectivity index (χ2n) is 7.16. The number of carbonyl (C=O) groups excluding carboxylic acids is 1. The number of hydrogen-bond acceptors (Lipinski definition) is 6. The zero-order chi connectivity index (χ0) is 20.2. The van der Waals surface area contributed by atoms with Gasteiger partial charge in [0.15, 0.2) is 5.88 Å². The van der Waals surface area contributed by atoms with E-state index in [-0.39, 0.29) is 5.91 Å². The van der Waals surface area contributed by atoms with Gasteiger partial charge in [-0.05, 0) is 49.4 Å². The van der Waals surface area contributed by atoms with Gasteiger partial charge in [0.2, 0.25) is 0 Å². The lowest BCUT2D eigenvalue weighted by Crippen LogP contribution is -2.30. The van der Waals surface area contributed by atoms with E-state index >= 15 is 0 Å². The molecule has 7 heteroatoms. The first-order chi connectivity index (χ1) is 14.1. The van der Waals surface area contributed by atoms with Gasteiger partial charge in [-0.15, -0.1) is 0 Å². The summed E-state index contributed by atoms with van der Waals surface area (Å²) < 4.78 is 11.7. The number of rotatable bonds is 6. The summed E-state index contributed by atoms with van der Waals surface area (Å²) in [6, 6.07) is 11.8. The van der Waals surface area contributed by atoms with Gasteiger partial charge in [-0.1, -0.05) is 36.1 Å². The minimum atomic E-state index is -0.0514. The fourth-order valence-corrected chi connectivity index (χ4v) is 4.85. The van der Waals surface area contributed by atoms with Crippen molar-refractivity contribution in [1.82, 2.24) is 4.90 Å². The molecule has 0 atom stereocenters. The second-order valence-corrected chi connectivity index (χ2v) is 8.83. The molecule has 0 N–H and O–H groups in total. The predicted molar refractivity (Wildman–Crippen MR) is 121 cm³/mol. The van der Waals surface area contributed by atoms with Gasteiger partial charge in [0.1, 0.15) is 15.8 Å². The molecule has 2 fully saturated rings. The Kier molecular flexibility index (Phi) is 6.25. The number of methoxy groups -OCH3 is 1. The molecule has 1 amide bonds. The normalized spacial score (nSPS) is 18.7. The molecule has 0 unspecified atom stereocenters. The number of piperidine rings is 1. The molecule has 0 radical (unpaired) electrons. The van der Waals surface area contributed by atoms with Crippen molar-refractivity contribution in [2.45, 2.75) is 25.7 Å². The van der Waals surface area contributed by atoms with E-state index in [9.17, 15) is 4.79 Å². The van der Waals surface area contributed by atoms with E-state index in [1.54, 1.807) is 18.1 Å². The lowest BCUT2D eigenvalue weighted by molar-refractivity contribution is -0.122. The molecule has 2 saturated heterocycles. The third-order valence-electron chi connectivity index (χ3n) is 5.21. The van der Waals surface area contributed by atoms with Crippen molar-refractivity contribution >= 4 is 46.2 Å². The Labute approximate surface area is 180 Å². The van der Waals surface area contributed by atoms with Crippen molar-refractivity contribution in [2.24, 2.45) is 0 Å². The van der Waals surface area contributed by atoms with Crippen molar-refractivity contribution in [3.63, 3.8) is 0 Å². The van der Waals surface area contributed by atoms with Crippen LogP contribution in [0.2, 0.25) is 0 Å². The van der Waals surface area contributed by atoms with Gasteiger partial charge in [0.05, 0.1) is 12.0 Å². The third kappa shape index (κ3) is 4.67. The molecular weight excluding hydrogens is 404 g/mol. The Morgan fingerprint density at radius 2 is 1.90 bits per heavy atom. The first kappa shape index (κ1) is 20.0. The van der Waals surface area contributed by atoms with Crippen molar-refractivity contribution in [1.29, 1.82) is 0 Å². The zero-order valence-electron chi connectivity index (χ0n) is 16.4. The van der Waals surface area contributed by atoms with Gasteiger partial charge in [-0.25, -0.2) is 0 Å². The molecule has 152 valence electrons. The molecule has 1 aromatic carbocycles. The standard InChI is InChI=1S/C22H24N2O3S2/c1-26-17-7-5-16(6-8-17)11-14-24-21(25)19(29-22(24)28)15-18-9-10-20(27-18)23-12-3-2-4-13-23/h5-10,15H,2-4,11-14H2,1H3/b19-15-. The number of ether oxygens (including phenoxy) is 1. The van der Waals surface area contributed by atoms with Crippen LogP contribution in [0.3, 0.4) is 0 Å². The maximum absolute atomic E-state index is 12.8. The van der Waals surface area contributed by atoms with E-state index < -0.39 is 0 Å². The van der Waals surface area contributed by atoms with E-state index in [2.05, 4.69) is 4.90 Å². The number of hydrogen-bond donors (Lipinski definition) is 0. The number of anilines is 1. The molecule has 2 aliphatic rings. The second kappa shape index (κ2) is 9.05. The molecule has 5 nitrogen and oxygen atoms in total. The summed E-state index contributed by atoms with van der Waals surface area (Å²) in [6.07, 6.45) is 6.22. The monoisotopic (exact) mass is 428 g/mol. The Balaban J connectivity index is 1.40. The molecule has 1 aromatic heterocycles. The first-order valence-corrected chi connectivity index (χ1v) is 11.1. The molecule has 29 heavy (non-hydrogen) atoms. The molecule has 3 heterocycles. The average molecular weight is 429 g/mol. The summed E-state index contributed by atoms with van der Waals surface area (Å²) in [4.78, 5) is 17.4. The smallest absolute Gasteiger partial charge is 0.266 e. The number of thioether (sulfide) groups is 1. The van der Waals surface area contributed by atoms with Gasteiger partial charge in [0.25, 0.3) is 5.91 Å². The largest absolute Gasteiger partial charge is 0.497 e. The molecule has 2 aliphatic heterocycles. The van der Waals surface area contributed by atoms with E-state index in [0.29, 0.717) is 21.5 Å². The molecule has 0 bridgehead atoms. The van der Waals surface area contributed by atoms with Crippen molar-refractivity contribution in [2.75, 3.05) is 31.6 Å². The van der Waals surface area contributed by atoms with E-state index in [4.69, 9.17) is 21.4 Å². The summed E-state index contributed by atoms with van der Waals surface area (Å²) in [5, 5.41) is 0. The highest BCUT2D eigenvalue weighted by Crippen LogP contribution is 2.34. The summed E-state index contributed by atoms with van der Waals surface area (Å²) in [5.74, 6) is 2.35. The highest BCUT2D eigenvalue weighted by Gasteiger charge is 2.32. The van der Waals surface area contributed by atoms with Crippen molar-refractivity contribution in [3.8, 4) is 5.75 Å². The quantitative estimate of drug-likeness (QED) is 0.490. The van der Waals surface area contributed by atoms with E-state index in [0.717, 1.165) is 36.7 Å². The van der Waals surface area contributed by atoms with Crippen LogP contribution in [-0.2, 0) is 11.2 Å².